The summed E-state index contributed by atoms with van der Waals surface area (Å²) < 4.78 is 41.3. The zero-order valence-corrected chi connectivity index (χ0v) is 13.3. The van der Waals surface area contributed by atoms with Gasteiger partial charge >= 0.3 is 0 Å². The lowest BCUT2D eigenvalue weighted by Gasteiger charge is -2.11. The maximum atomic E-state index is 13.3. The van der Waals surface area contributed by atoms with Gasteiger partial charge in [-0.1, -0.05) is 23.7 Å². The maximum absolute atomic E-state index is 13.3. The second-order valence-electron chi connectivity index (χ2n) is 4.37. The van der Waals surface area contributed by atoms with Crippen molar-refractivity contribution in [1.82, 2.24) is 0 Å². The van der Waals surface area contributed by atoms with E-state index in [1.807, 2.05) is 0 Å². The summed E-state index contributed by atoms with van der Waals surface area (Å²) in [5.74, 6) is -0.0440. The minimum atomic E-state index is -3.78. The lowest BCUT2D eigenvalue weighted by Crippen LogP contribution is -2.00. The number of aryl methyl sites for hydroxylation is 1. The molecule has 0 amide bonds. The molecule has 0 fully saturated rings. The smallest absolute Gasteiger partial charge is 0.261 e. The average Bonchev–Trinajstić information content (AvgIpc) is 2.40. The van der Waals surface area contributed by atoms with Crippen molar-refractivity contribution in [3.8, 4) is 5.75 Å². The molecule has 0 heterocycles. The molecule has 21 heavy (non-hydrogen) atoms. The van der Waals surface area contributed by atoms with Gasteiger partial charge in [0, 0.05) is 16.2 Å². The van der Waals surface area contributed by atoms with Gasteiger partial charge in [0.15, 0.2) is 0 Å². The molecule has 0 spiro atoms. The van der Waals surface area contributed by atoms with Gasteiger partial charge in [-0.15, -0.1) is 0 Å². The van der Waals surface area contributed by atoms with Crippen LogP contribution < -0.4 is 4.74 Å². The number of hydrogen-bond acceptors (Lipinski definition) is 3. The molecular weight excluding hydrogens is 338 g/mol. The van der Waals surface area contributed by atoms with E-state index in [0.29, 0.717) is 16.9 Å². The van der Waals surface area contributed by atoms with Gasteiger partial charge in [0.25, 0.3) is 9.05 Å². The molecule has 0 saturated heterocycles. The van der Waals surface area contributed by atoms with Crippen LogP contribution in [0.1, 0.15) is 11.1 Å². The number of ether oxygens (including phenoxy) is 1. The first-order valence-electron chi connectivity index (χ1n) is 5.90. The van der Waals surface area contributed by atoms with Crippen LogP contribution in [-0.4, -0.2) is 8.42 Å². The molecule has 0 radical (unpaired) electrons. The van der Waals surface area contributed by atoms with Gasteiger partial charge in [-0.3, -0.25) is 0 Å². The van der Waals surface area contributed by atoms with Crippen LogP contribution >= 0.6 is 22.3 Å². The van der Waals surface area contributed by atoms with Crippen LogP contribution in [0, 0.1) is 12.7 Å². The minimum absolute atomic E-state index is 0.00203. The van der Waals surface area contributed by atoms with Crippen molar-refractivity contribution < 1.29 is 17.5 Å². The number of halogens is 3. The Balaban J connectivity index is 2.19. The number of hydrogen-bond donors (Lipinski definition) is 0. The normalized spacial score (nSPS) is 11.4. The van der Waals surface area contributed by atoms with Gasteiger partial charge in [0.2, 0.25) is 0 Å². The molecule has 0 bridgehead atoms. The highest BCUT2D eigenvalue weighted by atomic mass is 35.7. The van der Waals surface area contributed by atoms with Crippen molar-refractivity contribution in [2.45, 2.75) is 18.4 Å². The molecule has 0 aliphatic rings. The molecule has 7 heteroatoms. The van der Waals surface area contributed by atoms with Crippen LogP contribution in [0.2, 0.25) is 5.02 Å². The summed E-state index contributed by atoms with van der Waals surface area (Å²) in [4.78, 5) is -0.00203. The monoisotopic (exact) mass is 348 g/mol. The Kier molecular flexibility index (Phi) is 4.76. The van der Waals surface area contributed by atoms with Gasteiger partial charge < -0.3 is 4.74 Å². The SMILES string of the molecule is Cc1cc(S(=O)(=O)Cl)ccc1OCc1cccc(F)c1Cl. The maximum Gasteiger partial charge on any atom is 0.261 e. The molecule has 2 rings (SSSR count). The number of benzene rings is 2. The van der Waals surface area contributed by atoms with E-state index in [1.54, 1.807) is 13.0 Å². The standard InChI is InChI=1S/C14H11Cl2FO3S/c1-9-7-11(21(16,18)19)5-6-13(9)20-8-10-3-2-4-12(17)14(10)15/h2-7H,8H2,1H3. The quantitative estimate of drug-likeness (QED) is 0.774. The van der Waals surface area contributed by atoms with Crippen LogP contribution in [0.5, 0.6) is 5.75 Å². The summed E-state index contributed by atoms with van der Waals surface area (Å²) in [6.45, 7) is 1.76. The average molecular weight is 349 g/mol. The molecule has 3 nitrogen and oxygen atoms in total. The van der Waals surface area contributed by atoms with Crippen LogP contribution in [0.15, 0.2) is 41.3 Å². The lowest BCUT2D eigenvalue weighted by molar-refractivity contribution is 0.303. The zero-order valence-electron chi connectivity index (χ0n) is 10.9. The first-order chi connectivity index (χ1) is 9.79. The van der Waals surface area contributed by atoms with Gasteiger partial charge in [-0.2, -0.15) is 0 Å². The Morgan fingerprint density at radius 2 is 1.95 bits per heavy atom. The molecule has 0 N–H and O–H groups in total. The molecule has 0 aliphatic heterocycles. The van der Waals surface area contributed by atoms with Gasteiger partial charge in [0.1, 0.15) is 18.2 Å². The third kappa shape index (κ3) is 3.87. The first kappa shape index (κ1) is 16.1. The highest BCUT2D eigenvalue weighted by molar-refractivity contribution is 8.13. The Labute approximate surface area is 131 Å². The minimum Gasteiger partial charge on any atom is -0.489 e. The van der Waals surface area contributed by atoms with Crippen molar-refractivity contribution in [3.05, 3.63) is 58.4 Å². The van der Waals surface area contributed by atoms with Crippen molar-refractivity contribution in [2.75, 3.05) is 0 Å². The molecular formula is C14H11Cl2FO3S. The fourth-order valence-corrected chi connectivity index (χ4v) is 2.77. The molecule has 2 aromatic rings. The zero-order chi connectivity index (χ0) is 15.6. The molecule has 0 unspecified atom stereocenters. The Bertz CT molecular complexity index is 776. The number of rotatable bonds is 4. The Morgan fingerprint density at radius 3 is 2.57 bits per heavy atom. The van der Waals surface area contributed by atoms with Crippen LogP contribution in [-0.2, 0) is 15.7 Å². The first-order valence-corrected chi connectivity index (χ1v) is 8.59. The molecule has 0 saturated carbocycles. The van der Waals surface area contributed by atoms with E-state index < -0.39 is 14.9 Å². The summed E-state index contributed by atoms with van der Waals surface area (Å²) in [5, 5.41) is 0.00936. The van der Waals surface area contributed by atoms with E-state index in [-0.39, 0.29) is 16.5 Å². The summed E-state index contributed by atoms with van der Waals surface area (Å²) in [5.41, 5.74) is 1.11. The highest BCUT2D eigenvalue weighted by Crippen LogP contribution is 2.26. The van der Waals surface area contributed by atoms with E-state index in [9.17, 15) is 12.8 Å². The van der Waals surface area contributed by atoms with Crippen molar-refractivity contribution in [3.63, 3.8) is 0 Å². The van der Waals surface area contributed by atoms with E-state index in [2.05, 4.69) is 0 Å². The van der Waals surface area contributed by atoms with E-state index in [4.69, 9.17) is 27.0 Å². The summed E-state index contributed by atoms with van der Waals surface area (Å²) in [6.07, 6.45) is 0. The Hall–Kier alpha value is -1.30. The lowest BCUT2D eigenvalue weighted by atomic mass is 10.2. The largest absolute Gasteiger partial charge is 0.489 e. The van der Waals surface area contributed by atoms with Gasteiger partial charge in [-0.25, -0.2) is 12.8 Å². The molecule has 0 atom stereocenters. The summed E-state index contributed by atoms with van der Waals surface area (Å²) >= 11 is 5.83. The van der Waals surface area contributed by atoms with Crippen molar-refractivity contribution >= 4 is 31.3 Å². The highest BCUT2D eigenvalue weighted by Gasteiger charge is 2.12. The van der Waals surface area contributed by atoms with Crippen LogP contribution in [0.4, 0.5) is 4.39 Å². The fourth-order valence-electron chi connectivity index (χ4n) is 1.75. The van der Waals surface area contributed by atoms with E-state index >= 15 is 0 Å². The third-order valence-corrected chi connectivity index (χ3v) is 4.62. The van der Waals surface area contributed by atoms with Gasteiger partial charge in [-0.05, 0) is 36.8 Å². The molecule has 2 aromatic carbocycles. The fraction of sp³-hybridized carbons (Fsp3) is 0.143. The second kappa shape index (κ2) is 6.22. The molecule has 112 valence electrons. The topological polar surface area (TPSA) is 43.4 Å². The van der Waals surface area contributed by atoms with Crippen molar-refractivity contribution in [1.29, 1.82) is 0 Å². The summed E-state index contributed by atoms with van der Waals surface area (Å²) in [6, 6.07) is 8.70. The molecule has 0 aromatic heterocycles. The predicted octanol–water partition coefficient (Wildman–Crippen LogP) is 4.29. The van der Waals surface area contributed by atoms with Crippen LogP contribution in [0.25, 0.3) is 0 Å². The summed E-state index contributed by atoms with van der Waals surface area (Å²) in [7, 11) is 1.49. The Morgan fingerprint density at radius 1 is 1.24 bits per heavy atom. The van der Waals surface area contributed by atoms with Gasteiger partial charge in [0.05, 0.1) is 9.92 Å². The second-order valence-corrected chi connectivity index (χ2v) is 7.31. The van der Waals surface area contributed by atoms with E-state index in [1.165, 1.54) is 30.3 Å². The van der Waals surface area contributed by atoms with Crippen molar-refractivity contribution in [2.24, 2.45) is 0 Å². The van der Waals surface area contributed by atoms with Crippen LogP contribution in [0.3, 0.4) is 0 Å². The predicted molar refractivity (Wildman–Crippen MR) is 80.0 cm³/mol. The third-order valence-electron chi connectivity index (χ3n) is 2.84. The van der Waals surface area contributed by atoms with E-state index in [0.717, 1.165) is 0 Å². The molecule has 0 aliphatic carbocycles.